The molecule has 2 N–H and O–H groups in total. The SMILES string of the molecule is N#CN[C@@H]1CCCC[C@@H]1C(=O)Nc1ncc(C2CCCCC2)s1. The number of thiazole rings is 1. The molecule has 1 heterocycles. The first-order chi connectivity index (χ1) is 11.3. The smallest absolute Gasteiger partial charge is 0.231 e. The highest BCUT2D eigenvalue weighted by Gasteiger charge is 2.31. The summed E-state index contributed by atoms with van der Waals surface area (Å²) >= 11 is 1.62. The Balaban J connectivity index is 1.61. The summed E-state index contributed by atoms with van der Waals surface area (Å²) in [5.41, 5.74) is 0. The van der Waals surface area contributed by atoms with Gasteiger partial charge >= 0.3 is 0 Å². The summed E-state index contributed by atoms with van der Waals surface area (Å²) in [6, 6.07) is -0.0356. The van der Waals surface area contributed by atoms with Gasteiger partial charge in [-0.15, -0.1) is 11.3 Å². The van der Waals surface area contributed by atoms with Gasteiger partial charge in [0.2, 0.25) is 5.91 Å². The molecule has 0 saturated heterocycles. The maximum absolute atomic E-state index is 12.5. The van der Waals surface area contributed by atoms with Crippen LogP contribution in [-0.4, -0.2) is 16.9 Å². The molecule has 0 unspecified atom stereocenters. The van der Waals surface area contributed by atoms with Gasteiger partial charge in [-0.2, -0.15) is 5.26 Å². The number of rotatable bonds is 4. The summed E-state index contributed by atoms with van der Waals surface area (Å²) in [6.07, 6.45) is 14.2. The van der Waals surface area contributed by atoms with Gasteiger partial charge in [-0.3, -0.25) is 4.79 Å². The lowest BCUT2D eigenvalue weighted by molar-refractivity contribution is -0.121. The topological polar surface area (TPSA) is 77.8 Å². The summed E-state index contributed by atoms with van der Waals surface area (Å²) in [5.74, 6) is 0.488. The lowest BCUT2D eigenvalue weighted by Crippen LogP contribution is -2.42. The van der Waals surface area contributed by atoms with Gasteiger partial charge < -0.3 is 10.6 Å². The average Bonchev–Trinajstić information content (AvgIpc) is 3.05. The van der Waals surface area contributed by atoms with E-state index in [9.17, 15) is 4.79 Å². The molecule has 2 saturated carbocycles. The number of nitriles is 1. The predicted octanol–water partition coefficient (Wildman–Crippen LogP) is 3.76. The fourth-order valence-corrected chi connectivity index (χ4v) is 4.81. The van der Waals surface area contributed by atoms with Gasteiger partial charge in [0.15, 0.2) is 11.3 Å². The van der Waals surface area contributed by atoms with Gasteiger partial charge in [0.1, 0.15) is 0 Å². The lowest BCUT2D eigenvalue weighted by atomic mass is 9.84. The second-order valence-electron chi connectivity index (χ2n) is 6.65. The largest absolute Gasteiger partial charge is 0.320 e. The molecule has 2 fully saturated rings. The van der Waals surface area contributed by atoms with Gasteiger partial charge in [-0.25, -0.2) is 4.98 Å². The van der Waals surface area contributed by atoms with Crippen LogP contribution in [0.15, 0.2) is 6.20 Å². The quantitative estimate of drug-likeness (QED) is 0.650. The van der Waals surface area contributed by atoms with Crippen LogP contribution < -0.4 is 10.6 Å². The fraction of sp³-hybridized carbons (Fsp3) is 0.706. The minimum Gasteiger partial charge on any atom is -0.320 e. The second kappa shape index (κ2) is 7.78. The predicted molar refractivity (Wildman–Crippen MR) is 91.1 cm³/mol. The van der Waals surface area contributed by atoms with Crippen LogP contribution in [0.2, 0.25) is 0 Å². The second-order valence-corrected chi connectivity index (χ2v) is 7.71. The zero-order chi connectivity index (χ0) is 16.1. The number of carbonyl (C=O) groups excluding carboxylic acids is 1. The number of hydrogen-bond acceptors (Lipinski definition) is 5. The molecule has 0 radical (unpaired) electrons. The van der Waals surface area contributed by atoms with Gasteiger partial charge in [0, 0.05) is 17.1 Å². The zero-order valence-corrected chi connectivity index (χ0v) is 14.2. The van der Waals surface area contributed by atoms with Crippen molar-refractivity contribution in [1.29, 1.82) is 5.26 Å². The van der Waals surface area contributed by atoms with Crippen molar-refractivity contribution in [1.82, 2.24) is 10.3 Å². The van der Waals surface area contributed by atoms with Crippen molar-refractivity contribution in [3.63, 3.8) is 0 Å². The minimum atomic E-state index is -0.134. The Morgan fingerprint density at radius 1 is 1.17 bits per heavy atom. The van der Waals surface area contributed by atoms with Crippen LogP contribution in [0.25, 0.3) is 0 Å². The van der Waals surface area contributed by atoms with E-state index < -0.39 is 0 Å². The molecule has 1 aromatic heterocycles. The number of nitrogens with one attached hydrogen (secondary N) is 2. The monoisotopic (exact) mass is 332 g/mol. The maximum Gasteiger partial charge on any atom is 0.231 e. The van der Waals surface area contributed by atoms with Crippen LogP contribution in [0.5, 0.6) is 0 Å². The number of anilines is 1. The van der Waals surface area contributed by atoms with Crippen LogP contribution in [-0.2, 0) is 4.79 Å². The highest BCUT2D eigenvalue weighted by atomic mass is 32.1. The van der Waals surface area contributed by atoms with E-state index in [4.69, 9.17) is 5.26 Å². The molecule has 0 aliphatic heterocycles. The fourth-order valence-electron chi connectivity index (χ4n) is 3.82. The third kappa shape index (κ3) is 4.03. The average molecular weight is 332 g/mol. The van der Waals surface area contributed by atoms with Crippen molar-refractivity contribution < 1.29 is 4.79 Å². The van der Waals surface area contributed by atoms with E-state index in [1.54, 1.807) is 11.3 Å². The molecule has 1 aromatic rings. The van der Waals surface area contributed by atoms with E-state index >= 15 is 0 Å². The van der Waals surface area contributed by atoms with Gasteiger partial charge in [-0.1, -0.05) is 32.1 Å². The summed E-state index contributed by atoms with van der Waals surface area (Å²) in [6.45, 7) is 0. The van der Waals surface area contributed by atoms with Crippen molar-refractivity contribution in [2.45, 2.75) is 69.7 Å². The van der Waals surface area contributed by atoms with Crippen molar-refractivity contribution in [2.24, 2.45) is 5.92 Å². The minimum absolute atomic E-state index is 0.00185. The van der Waals surface area contributed by atoms with Crippen LogP contribution in [0.3, 0.4) is 0 Å². The summed E-state index contributed by atoms with van der Waals surface area (Å²) < 4.78 is 0. The summed E-state index contributed by atoms with van der Waals surface area (Å²) in [5, 5.41) is 15.3. The Labute approximate surface area is 141 Å². The highest BCUT2D eigenvalue weighted by molar-refractivity contribution is 7.15. The Kier molecular flexibility index (Phi) is 5.50. The third-order valence-corrected chi connectivity index (χ3v) is 6.19. The molecule has 0 spiro atoms. The molecule has 3 rings (SSSR count). The number of aromatic nitrogens is 1. The molecule has 2 aliphatic rings. The number of hydrogen-bond donors (Lipinski definition) is 2. The molecule has 124 valence electrons. The molecular formula is C17H24N4OS. The van der Waals surface area contributed by atoms with Crippen LogP contribution in [0.1, 0.15) is 68.6 Å². The number of nitrogens with zero attached hydrogens (tertiary/aromatic N) is 2. The van der Waals surface area contributed by atoms with Crippen molar-refractivity contribution >= 4 is 22.4 Å². The normalized spacial score (nSPS) is 25.5. The van der Waals surface area contributed by atoms with E-state index in [2.05, 4.69) is 15.6 Å². The molecule has 5 nitrogen and oxygen atoms in total. The molecule has 6 heteroatoms. The van der Waals surface area contributed by atoms with Crippen LogP contribution in [0.4, 0.5) is 5.13 Å². The van der Waals surface area contributed by atoms with Crippen molar-refractivity contribution in [2.75, 3.05) is 5.32 Å². The summed E-state index contributed by atoms with van der Waals surface area (Å²) in [7, 11) is 0. The first-order valence-electron chi connectivity index (χ1n) is 8.69. The Morgan fingerprint density at radius 3 is 2.70 bits per heavy atom. The standard InChI is InChI=1S/C17H24N4OS/c18-11-20-14-9-5-4-8-13(14)16(22)21-17-19-10-15(23-17)12-6-2-1-3-7-12/h10,12-14,20H,1-9H2,(H,19,21,22)/t13-,14+/m0/s1. The number of amides is 1. The number of carbonyl (C=O) groups is 1. The van der Waals surface area contributed by atoms with Crippen molar-refractivity contribution in [3.05, 3.63) is 11.1 Å². The van der Waals surface area contributed by atoms with Gasteiger partial charge in [-0.05, 0) is 31.6 Å². The van der Waals surface area contributed by atoms with E-state index in [0.29, 0.717) is 11.0 Å². The molecule has 1 amide bonds. The van der Waals surface area contributed by atoms with E-state index in [0.717, 1.165) is 25.7 Å². The Morgan fingerprint density at radius 2 is 1.91 bits per heavy atom. The van der Waals surface area contributed by atoms with Crippen LogP contribution >= 0.6 is 11.3 Å². The highest BCUT2D eigenvalue weighted by Crippen LogP contribution is 2.37. The van der Waals surface area contributed by atoms with E-state index in [1.807, 2.05) is 12.4 Å². The van der Waals surface area contributed by atoms with Gasteiger partial charge in [0.05, 0.1) is 5.92 Å². The van der Waals surface area contributed by atoms with E-state index in [-0.39, 0.29) is 17.9 Å². The van der Waals surface area contributed by atoms with Crippen molar-refractivity contribution in [3.8, 4) is 6.19 Å². The molecule has 0 aromatic carbocycles. The van der Waals surface area contributed by atoms with Gasteiger partial charge in [0.25, 0.3) is 0 Å². The van der Waals surface area contributed by atoms with Crippen LogP contribution in [0, 0.1) is 17.4 Å². The lowest BCUT2D eigenvalue weighted by Gasteiger charge is -2.29. The Bertz CT molecular complexity index is 573. The molecule has 23 heavy (non-hydrogen) atoms. The first-order valence-corrected chi connectivity index (χ1v) is 9.51. The van der Waals surface area contributed by atoms with E-state index in [1.165, 1.54) is 37.0 Å². The Hall–Kier alpha value is -1.61. The summed E-state index contributed by atoms with van der Waals surface area (Å²) in [4.78, 5) is 18.2. The first kappa shape index (κ1) is 16.3. The molecule has 0 bridgehead atoms. The maximum atomic E-state index is 12.5. The molecular weight excluding hydrogens is 308 g/mol. The zero-order valence-electron chi connectivity index (χ0n) is 13.4. The third-order valence-electron chi connectivity index (χ3n) is 5.11. The molecule has 2 atom stereocenters. The molecule has 2 aliphatic carbocycles.